The summed E-state index contributed by atoms with van der Waals surface area (Å²) in [5, 5.41) is 19.5. The fourth-order valence-corrected chi connectivity index (χ4v) is 2.33. The number of nitriles is 1. The lowest BCUT2D eigenvalue weighted by molar-refractivity contribution is -0.385. The molecule has 1 aromatic rings. The second kappa shape index (κ2) is 5.36. The van der Waals surface area contributed by atoms with Crippen molar-refractivity contribution in [1.82, 2.24) is 0 Å². The number of benzene rings is 1. The molecule has 0 spiro atoms. The van der Waals surface area contributed by atoms with Crippen molar-refractivity contribution < 1.29 is 9.72 Å². The van der Waals surface area contributed by atoms with E-state index in [0.29, 0.717) is 3.57 Å². The molecule has 0 aliphatic carbocycles. The summed E-state index contributed by atoms with van der Waals surface area (Å²) in [4.78, 5) is 21.5. The number of nitro benzene ring substituents is 1. The molecular weight excluding hydrogens is 391 g/mol. The summed E-state index contributed by atoms with van der Waals surface area (Å²) in [6, 6.07) is 4.18. The highest BCUT2D eigenvalue weighted by molar-refractivity contribution is 14.1. The van der Waals surface area contributed by atoms with Gasteiger partial charge in [0.25, 0.3) is 5.69 Å². The number of ketones is 1. The number of nitro groups is 1. The van der Waals surface area contributed by atoms with Gasteiger partial charge in [-0.1, -0.05) is 15.9 Å². The minimum atomic E-state index is -0.592. The molecule has 0 fully saturated rings. The first-order chi connectivity index (χ1) is 7.51. The molecule has 0 saturated carbocycles. The van der Waals surface area contributed by atoms with Crippen molar-refractivity contribution in [2.24, 2.45) is 0 Å². The van der Waals surface area contributed by atoms with E-state index in [-0.39, 0.29) is 27.9 Å². The number of non-ortho nitro benzene ring substituents is 1. The van der Waals surface area contributed by atoms with Crippen LogP contribution in [0.25, 0.3) is 0 Å². The van der Waals surface area contributed by atoms with Gasteiger partial charge < -0.3 is 0 Å². The van der Waals surface area contributed by atoms with E-state index < -0.39 is 4.92 Å². The Hall–Kier alpha value is -1.01. The molecule has 1 aromatic carbocycles. The van der Waals surface area contributed by atoms with Gasteiger partial charge in [-0.3, -0.25) is 14.9 Å². The Bertz CT molecular complexity index is 510. The SMILES string of the molecule is N#Cc1cc([N+](=O)[O-])cc(I)c1C(=O)CBr. The van der Waals surface area contributed by atoms with Gasteiger partial charge in [0.2, 0.25) is 0 Å². The van der Waals surface area contributed by atoms with Gasteiger partial charge in [0.05, 0.1) is 21.4 Å². The zero-order valence-corrected chi connectivity index (χ0v) is 11.5. The van der Waals surface area contributed by atoms with Crippen LogP contribution in [0.2, 0.25) is 0 Å². The number of carbonyl (C=O) groups excluding carboxylic acids is 1. The van der Waals surface area contributed by atoms with Crippen LogP contribution in [0.1, 0.15) is 15.9 Å². The molecule has 0 heterocycles. The van der Waals surface area contributed by atoms with Gasteiger partial charge in [0, 0.05) is 15.7 Å². The first kappa shape index (κ1) is 13.1. The highest BCUT2D eigenvalue weighted by Crippen LogP contribution is 2.24. The largest absolute Gasteiger partial charge is 0.293 e. The van der Waals surface area contributed by atoms with Gasteiger partial charge >= 0.3 is 0 Å². The van der Waals surface area contributed by atoms with Crippen molar-refractivity contribution in [3.63, 3.8) is 0 Å². The quantitative estimate of drug-likeness (QED) is 0.259. The topological polar surface area (TPSA) is 84.0 Å². The summed E-state index contributed by atoms with van der Waals surface area (Å²) in [5.74, 6) is -0.268. The molecule has 5 nitrogen and oxygen atoms in total. The maximum absolute atomic E-state index is 11.5. The fraction of sp³-hybridized carbons (Fsp3) is 0.111. The average Bonchev–Trinajstić information content (AvgIpc) is 2.26. The average molecular weight is 395 g/mol. The van der Waals surface area contributed by atoms with E-state index in [2.05, 4.69) is 15.9 Å². The fourth-order valence-electron chi connectivity index (χ4n) is 1.14. The van der Waals surface area contributed by atoms with Crippen LogP contribution in [-0.4, -0.2) is 16.0 Å². The molecule has 0 atom stereocenters. The number of rotatable bonds is 3. The van der Waals surface area contributed by atoms with Crippen molar-refractivity contribution in [3.05, 3.63) is 36.9 Å². The molecule has 0 N–H and O–H groups in total. The van der Waals surface area contributed by atoms with Crippen LogP contribution in [-0.2, 0) is 0 Å². The first-order valence-electron chi connectivity index (χ1n) is 3.98. The molecule has 0 amide bonds. The van der Waals surface area contributed by atoms with E-state index in [4.69, 9.17) is 5.26 Å². The van der Waals surface area contributed by atoms with Crippen LogP contribution in [0.3, 0.4) is 0 Å². The minimum absolute atomic E-state index is 0.0306. The molecule has 0 unspecified atom stereocenters. The maximum atomic E-state index is 11.5. The van der Waals surface area contributed by atoms with E-state index in [9.17, 15) is 14.9 Å². The van der Waals surface area contributed by atoms with Gasteiger partial charge in [-0.05, 0) is 22.6 Å². The molecule has 82 valence electrons. The van der Waals surface area contributed by atoms with Crippen molar-refractivity contribution in [2.75, 3.05) is 5.33 Å². The first-order valence-corrected chi connectivity index (χ1v) is 6.18. The summed E-state index contributed by atoms with van der Waals surface area (Å²) in [6.07, 6.45) is 0. The molecular formula is C9H4BrIN2O3. The van der Waals surface area contributed by atoms with Crippen LogP contribution in [0.5, 0.6) is 0 Å². The van der Waals surface area contributed by atoms with Crippen LogP contribution in [0.4, 0.5) is 5.69 Å². The monoisotopic (exact) mass is 394 g/mol. The van der Waals surface area contributed by atoms with E-state index in [1.165, 1.54) is 6.07 Å². The Balaban J connectivity index is 3.48. The number of nitrogens with zero attached hydrogens (tertiary/aromatic N) is 2. The van der Waals surface area contributed by atoms with E-state index >= 15 is 0 Å². The lowest BCUT2D eigenvalue weighted by atomic mass is 10.0. The van der Waals surface area contributed by atoms with Crippen molar-refractivity contribution in [1.29, 1.82) is 5.26 Å². The standard InChI is InChI=1S/C9H4BrIN2O3/c10-3-8(14)9-5(4-12)1-6(13(15)16)2-7(9)11/h1-2H,3H2. The van der Waals surface area contributed by atoms with Crippen molar-refractivity contribution in [2.45, 2.75) is 0 Å². The Morgan fingerprint density at radius 1 is 1.62 bits per heavy atom. The van der Waals surface area contributed by atoms with Gasteiger partial charge in [-0.15, -0.1) is 0 Å². The number of alkyl halides is 1. The number of Topliss-reactive ketones (excluding diaryl/α,β-unsaturated/α-hetero) is 1. The molecule has 0 saturated heterocycles. The van der Waals surface area contributed by atoms with Crippen molar-refractivity contribution >= 4 is 50.0 Å². The Morgan fingerprint density at radius 2 is 2.25 bits per heavy atom. The Kier molecular flexibility index (Phi) is 4.37. The number of carbonyl (C=O) groups is 1. The molecule has 0 aliphatic rings. The third-order valence-corrected chi connectivity index (χ3v) is 3.17. The second-order valence-corrected chi connectivity index (χ2v) is 4.50. The van der Waals surface area contributed by atoms with Gasteiger partial charge in [-0.25, -0.2) is 0 Å². The maximum Gasteiger partial charge on any atom is 0.271 e. The summed E-state index contributed by atoms with van der Waals surface area (Å²) in [5.41, 5.74) is 0.0701. The zero-order chi connectivity index (χ0) is 12.3. The summed E-state index contributed by atoms with van der Waals surface area (Å²) >= 11 is 4.81. The summed E-state index contributed by atoms with van der Waals surface area (Å²) in [7, 11) is 0. The predicted molar refractivity (Wildman–Crippen MR) is 68.7 cm³/mol. The lowest BCUT2D eigenvalue weighted by Crippen LogP contribution is -2.07. The van der Waals surface area contributed by atoms with E-state index in [1.54, 1.807) is 6.07 Å². The number of hydrogen-bond acceptors (Lipinski definition) is 4. The molecule has 0 aromatic heterocycles. The minimum Gasteiger partial charge on any atom is -0.293 e. The highest BCUT2D eigenvalue weighted by Gasteiger charge is 2.19. The van der Waals surface area contributed by atoms with Crippen LogP contribution < -0.4 is 0 Å². The third-order valence-electron chi connectivity index (χ3n) is 1.81. The molecule has 16 heavy (non-hydrogen) atoms. The van der Waals surface area contributed by atoms with Crippen LogP contribution >= 0.6 is 38.5 Å². The molecule has 0 radical (unpaired) electrons. The molecule has 7 heteroatoms. The molecule has 0 aliphatic heterocycles. The normalized spacial score (nSPS) is 9.56. The van der Waals surface area contributed by atoms with E-state index in [1.807, 2.05) is 22.6 Å². The smallest absolute Gasteiger partial charge is 0.271 e. The number of halogens is 2. The predicted octanol–water partition coefficient (Wildman–Crippen LogP) is 2.65. The zero-order valence-electron chi connectivity index (χ0n) is 7.74. The van der Waals surface area contributed by atoms with Crippen LogP contribution in [0, 0.1) is 25.0 Å². The van der Waals surface area contributed by atoms with Gasteiger partial charge in [0.1, 0.15) is 6.07 Å². The Labute approximate surface area is 113 Å². The molecule has 1 rings (SSSR count). The van der Waals surface area contributed by atoms with Crippen LogP contribution in [0.15, 0.2) is 12.1 Å². The third kappa shape index (κ3) is 2.56. The lowest BCUT2D eigenvalue weighted by Gasteiger charge is -2.03. The van der Waals surface area contributed by atoms with Gasteiger partial charge in [0.15, 0.2) is 5.78 Å². The molecule has 0 bridgehead atoms. The van der Waals surface area contributed by atoms with Gasteiger partial charge in [-0.2, -0.15) is 5.26 Å². The second-order valence-electron chi connectivity index (χ2n) is 2.78. The summed E-state index contributed by atoms with van der Waals surface area (Å²) in [6.45, 7) is 0. The van der Waals surface area contributed by atoms with E-state index in [0.717, 1.165) is 6.07 Å². The summed E-state index contributed by atoms with van der Waals surface area (Å²) < 4.78 is 0.410. The van der Waals surface area contributed by atoms with Crippen molar-refractivity contribution in [3.8, 4) is 6.07 Å². The Morgan fingerprint density at radius 3 is 2.69 bits per heavy atom. The number of hydrogen-bond donors (Lipinski definition) is 0. The highest BCUT2D eigenvalue weighted by atomic mass is 127.